The van der Waals surface area contributed by atoms with E-state index >= 15 is 0 Å². The van der Waals surface area contributed by atoms with E-state index in [2.05, 4.69) is 6.92 Å². The first-order valence-electron chi connectivity index (χ1n) is 9.05. The fraction of sp³-hybridized carbons (Fsp3) is 0.944. The molecule has 125 valence electrons. The van der Waals surface area contributed by atoms with Crippen molar-refractivity contribution in [2.75, 3.05) is 0 Å². The van der Waals surface area contributed by atoms with Crippen molar-refractivity contribution in [2.24, 2.45) is 11.8 Å². The normalized spacial score (nSPS) is 24.2. The maximum atomic E-state index is 10.4. The number of unbranched alkanes of at least 4 members (excludes halogenated alkanes) is 6. The molecule has 0 amide bonds. The van der Waals surface area contributed by atoms with Gasteiger partial charge in [0.2, 0.25) is 0 Å². The standard InChI is InChI=1S/C18H34O3.Na/c1-2-3-4-7-10-15-13-14-17(19)16(15)11-8-5-6-9-12-18(20)21;/h15-17,19H,2-14H2,1H3,(H,20,21);. The van der Waals surface area contributed by atoms with Gasteiger partial charge in [0.05, 0.1) is 6.10 Å². The van der Waals surface area contributed by atoms with Gasteiger partial charge in [0.25, 0.3) is 0 Å². The Morgan fingerprint density at radius 1 is 0.955 bits per heavy atom. The molecule has 4 heteroatoms. The summed E-state index contributed by atoms with van der Waals surface area (Å²) in [5.74, 6) is 0.551. The molecule has 3 nitrogen and oxygen atoms in total. The maximum Gasteiger partial charge on any atom is 0.303 e. The first kappa shape index (κ1) is 22.4. The van der Waals surface area contributed by atoms with Gasteiger partial charge in [0.15, 0.2) is 0 Å². The van der Waals surface area contributed by atoms with Crippen LogP contribution >= 0.6 is 0 Å². The van der Waals surface area contributed by atoms with Gasteiger partial charge in [-0.05, 0) is 37.5 Å². The molecule has 1 radical (unpaired) electrons. The Kier molecular flexibility index (Phi) is 14.1. The summed E-state index contributed by atoms with van der Waals surface area (Å²) < 4.78 is 0. The van der Waals surface area contributed by atoms with Crippen molar-refractivity contribution >= 4 is 35.5 Å². The van der Waals surface area contributed by atoms with Crippen molar-refractivity contribution in [3.8, 4) is 0 Å². The molecule has 0 spiro atoms. The second-order valence-corrected chi connectivity index (χ2v) is 6.76. The minimum atomic E-state index is -0.687. The van der Waals surface area contributed by atoms with Gasteiger partial charge < -0.3 is 10.2 Å². The number of aliphatic carboxylic acids is 1. The Hall–Kier alpha value is 0.430. The fourth-order valence-electron chi connectivity index (χ4n) is 3.76. The number of hydrogen-bond donors (Lipinski definition) is 2. The van der Waals surface area contributed by atoms with Crippen LogP contribution < -0.4 is 0 Å². The van der Waals surface area contributed by atoms with E-state index in [1.54, 1.807) is 0 Å². The molecule has 1 aliphatic rings. The third-order valence-electron chi connectivity index (χ3n) is 5.04. The van der Waals surface area contributed by atoms with Crippen molar-refractivity contribution in [2.45, 2.75) is 96.5 Å². The number of aliphatic hydroxyl groups is 1. The molecule has 3 unspecified atom stereocenters. The molecule has 1 fully saturated rings. The van der Waals surface area contributed by atoms with Crippen LogP contribution in [0, 0.1) is 11.8 Å². The van der Waals surface area contributed by atoms with Gasteiger partial charge in [-0.25, -0.2) is 0 Å². The molecule has 0 saturated heterocycles. The molecule has 0 aromatic heterocycles. The van der Waals surface area contributed by atoms with Crippen LogP contribution in [0.25, 0.3) is 0 Å². The zero-order valence-electron chi connectivity index (χ0n) is 14.7. The van der Waals surface area contributed by atoms with E-state index in [0.29, 0.717) is 12.3 Å². The van der Waals surface area contributed by atoms with E-state index in [4.69, 9.17) is 5.11 Å². The third kappa shape index (κ3) is 9.54. The van der Waals surface area contributed by atoms with Crippen molar-refractivity contribution < 1.29 is 15.0 Å². The molecule has 22 heavy (non-hydrogen) atoms. The smallest absolute Gasteiger partial charge is 0.303 e. The van der Waals surface area contributed by atoms with E-state index in [9.17, 15) is 9.90 Å². The summed E-state index contributed by atoms with van der Waals surface area (Å²) >= 11 is 0. The van der Waals surface area contributed by atoms with Gasteiger partial charge in [-0.15, -0.1) is 0 Å². The number of rotatable bonds is 12. The molecule has 0 aromatic carbocycles. The average Bonchev–Trinajstić information content (AvgIpc) is 2.79. The summed E-state index contributed by atoms with van der Waals surface area (Å²) in [4.78, 5) is 10.4. The average molecular weight is 321 g/mol. The van der Waals surface area contributed by atoms with Gasteiger partial charge in [-0.1, -0.05) is 58.3 Å². The Labute approximate surface area is 158 Å². The molecular formula is C18H34NaO3. The molecule has 0 aromatic rings. The van der Waals surface area contributed by atoms with Gasteiger partial charge in [-0.2, -0.15) is 0 Å². The van der Waals surface area contributed by atoms with Crippen LogP contribution in [0.5, 0.6) is 0 Å². The van der Waals surface area contributed by atoms with Crippen LogP contribution in [-0.4, -0.2) is 51.8 Å². The Morgan fingerprint density at radius 2 is 1.59 bits per heavy atom. The maximum absolute atomic E-state index is 10.4. The summed E-state index contributed by atoms with van der Waals surface area (Å²) in [5, 5.41) is 18.8. The molecule has 0 heterocycles. The van der Waals surface area contributed by atoms with E-state index < -0.39 is 5.97 Å². The zero-order chi connectivity index (χ0) is 15.5. The molecular weight excluding hydrogens is 287 g/mol. The van der Waals surface area contributed by atoms with Crippen molar-refractivity contribution in [1.82, 2.24) is 0 Å². The fourth-order valence-corrected chi connectivity index (χ4v) is 3.76. The van der Waals surface area contributed by atoms with Gasteiger partial charge in [-0.3, -0.25) is 4.79 Å². The van der Waals surface area contributed by atoms with Crippen LogP contribution in [0.2, 0.25) is 0 Å². The third-order valence-corrected chi connectivity index (χ3v) is 5.04. The van der Waals surface area contributed by atoms with Crippen LogP contribution in [0.1, 0.15) is 90.4 Å². The Balaban J connectivity index is 0.00000441. The van der Waals surface area contributed by atoms with Crippen LogP contribution in [-0.2, 0) is 4.79 Å². The minimum absolute atomic E-state index is 0. The molecule has 2 N–H and O–H groups in total. The Morgan fingerprint density at radius 3 is 2.27 bits per heavy atom. The van der Waals surface area contributed by atoms with E-state index in [-0.39, 0.29) is 35.7 Å². The SMILES string of the molecule is CCCCCCC1CCC(O)C1CCCCCCC(=O)O.[Na]. The molecule has 3 atom stereocenters. The number of carboxylic acids is 1. The first-order chi connectivity index (χ1) is 10.1. The quantitative estimate of drug-likeness (QED) is 0.414. The summed E-state index contributed by atoms with van der Waals surface area (Å²) in [7, 11) is 0. The molecule has 0 aliphatic heterocycles. The Bertz CT molecular complexity index is 284. The topological polar surface area (TPSA) is 57.5 Å². The summed E-state index contributed by atoms with van der Waals surface area (Å²) in [6.45, 7) is 2.24. The minimum Gasteiger partial charge on any atom is -0.481 e. The number of carboxylic acid groups (broad SMARTS) is 1. The molecule has 0 bridgehead atoms. The van der Waals surface area contributed by atoms with Crippen molar-refractivity contribution in [1.29, 1.82) is 0 Å². The van der Waals surface area contributed by atoms with E-state index in [1.807, 2.05) is 0 Å². The summed E-state index contributed by atoms with van der Waals surface area (Å²) in [6, 6.07) is 0. The zero-order valence-corrected chi connectivity index (χ0v) is 16.7. The van der Waals surface area contributed by atoms with Crippen molar-refractivity contribution in [3.63, 3.8) is 0 Å². The van der Waals surface area contributed by atoms with Gasteiger partial charge in [0, 0.05) is 36.0 Å². The van der Waals surface area contributed by atoms with E-state index in [0.717, 1.165) is 44.4 Å². The van der Waals surface area contributed by atoms with E-state index in [1.165, 1.54) is 38.5 Å². The monoisotopic (exact) mass is 321 g/mol. The predicted molar refractivity (Wildman–Crippen MR) is 92.1 cm³/mol. The second-order valence-electron chi connectivity index (χ2n) is 6.76. The number of carbonyl (C=O) groups is 1. The van der Waals surface area contributed by atoms with Crippen LogP contribution in [0.4, 0.5) is 0 Å². The largest absolute Gasteiger partial charge is 0.481 e. The van der Waals surface area contributed by atoms with Crippen LogP contribution in [0.3, 0.4) is 0 Å². The summed E-state index contributed by atoms with van der Waals surface area (Å²) in [5.41, 5.74) is 0. The molecule has 1 rings (SSSR count). The summed E-state index contributed by atoms with van der Waals surface area (Å²) in [6.07, 6.45) is 14.2. The second kappa shape index (κ2) is 13.8. The molecule has 1 saturated carbocycles. The number of hydrogen-bond acceptors (Lipinski definition) is 2. The van der Waals surface area contributed by atoms with Gasteiger partial charge >= 0.3 is 5.97 Å². The number of aliphatic hydroxyl groups excluding tert-OH is 1. The molecule has 1 aliphatic carbocycles. The first-order valence-corrected chi connectivity index (χ1v) is 9.05. The van der Waals surface area contributed by atoms with Crippen molar-refractivity contribution in [3.05, 3.63) is 0 Å². The van der Waals surface area contributed by atoms with Gasteiger partial charge in [0.1, 0.15) is 0 Å². The predicted octanol–water partition coefficient (Wildman–Crippen LogP) is 4.39. The van der Waals surface area contributed by atoms with Crippen LogP contribution in [0.15, 0.2) is 0 Å².